The molecule has 3 heteroatoms. The van der Waals surface area contributed by atoms with Crippen LogP contribution in [0.1, 0.15) is 0 Å². The Balaban J connectivity index is 2.77. The summed E-state index contributed by atoms with van der Waals surface area (Å²) in [5.74, 6) is 1.60. The van der Waals surface area contributed by atoms with E-state index < -0.39 is 0 Å². The normalized spacial score (nSPS) is 10.3. The van der Waals surface area contributed by atoms with Crippen molar-refractivity contribution in [2.45, 2.75) is 0 Å². The van der Waals surface area contributed by atoms with Gasteiger partial charge in [0.15, 0.2) is 0 Å². The number of rotatable bonds is 2. The molecular formula is C12H13NO2. The Morgan fingerprint density at radius 2 is 1.73 bits per heavy atom. The van der Waals surface area contributed by atoms with Crippen molar-refractivity contribution in [1.29, 1.82) is 0 Å². The van der Waals surface area contributed by atoms with Crippen LogP contribution < -0.4 is 15.2 Å². The van der Waals surface area contributed by atoms with Crippen molar-refractivity contribution in [2.24, 2.45) is 0 Å². The molecule has 0 saturated heterocycles. The number of methoxy groups -OCH3 is 2. The van der Waals surface area contributed by atoms with E-state index in [1.54, 1.807) is 14.2 Å². The Bertz CT molecular complexity index is 494. The quantitative estimate of drug-likeness (QED) is 0.762. The molecule has 0 fully saturated rings. The lowest BCUT2D eigenvalue weighted by Crippen LogP contribution is -1.91. The van der Waals surface area contributed by atoms with Crippen LogP contribution >= 0.6 is 0 Å². The van der Waals surface area contributed by atoms with E-state index in [4.69, 9.17) is 15.2 Å². The van der Waals surface area contributed by atoms with Gasteiger partial charge in [0.05, 0.1) is 14.2 Å². The zero-order valence-corrected chi connectivity index (χ0v) is 8.78. The van der Waals surface area contributed by atoms with Gasteiger partial charge in [0.1, 0.15) is 11.5 Å². The molecule has 0 atom stereocenters. The van der Waals surface area contributed by atoms with Crippen LogP contribution in [0.3, 0.4) is 0 Å². The fraction of sp³-hybridized carbons (Fsp3) is 0.167. The van der Waals surface area contributed by atoms with Crippen molar-refractivity contribution in [1.82, 2.24) is 0 Å². The molecule has 0 bridgehead atoms. The highest BCUT2D eigenvalue weighted by atomic mass is 16.5. The Morgan fingerprint density at radius 3 is 2.40 bits per heavy atom. The van der Waals surface area contributed by atoms with Crippen LogP contribution in [-0.4, -0.2) is 14.2 Å². The van der Waals surface area contributed by atoms with Crippen molar-refractivity contribution in [3.8, 4) is 11.5 Å². The predicted molar refractivity (Wildman–Crippen MR) is 61.5 cm³/mol. The van der Waals surface area contributed by atoms with Gasteiger partial charge in [0, 0.05) is 16.5 Å². The van der Waals surface area contributed by atoms with Crippen LogP contribution in [0, 0.1) is 0 Å². The van der Waals surface area contributed by atoms with Gasteiger partial charge in [0.2, 0.25) is 0 Å². The fourth-order valence-electron chi connectivity index (χ4n) is 1.63. The van der Waals surface area contributed by atoms with Gasteiger partial charge in [-0.25, -0.2) is 0 Å². The van der Waals surface area contributed by atoms with Gasteiger partial charge in [-0.3, -0.25) is 0 Å². The molecule has 3 nitrogen and oxygen atoms in total. The van der Waals surface area contributed by atoms with Crippen molar-refractivity contribution >= 4 is 16.5 Å². The second-order valence-corrected chi connectivity index (χ2v) is 3.27. The molecule has 2 N–H and O–H groups in total. The van der Waals surface area contributed by atoms with Crippen LogP contribution in [0.4, 0.5) is 5.69 Å². The van der Waals surface area contributed by atoms with Gasteiger partial charge >= 0.3 is 0 Å². The summed E-state index contributed by atoms with van der Waals surface area (Å²) < 4.78 is 10.4. The number of ether oxygens (including phenoxy) is 2. The van der Waals surface area contributed by atoms with E-state index in [-0.39, 0.29) is 0 Å². The summed E-state index contributed by atoms with van der Waals surface area (Å²) in [5.41, 5.74) is 6.62. The Kier molecular flexibility index (Phi) is 2.37. The van der Waals surface area contributed by atoms with Gasteiger partial charge in [-0.1, -0.05) is 0 Å². The van der Waals surface area contributed by atoms with E-state index in [9.17, 15) is 0 Å². The number of nitrogen functional groups attached to an aromatic ring is 1. The maximum absolute atomic E-state index is 5.87. The van der Waals surface area contributed by atoms with Crippen molar-refractivity contribution in [3.63, 3.8) is 0 Å². The first-order valence-corrected chi connectivity index (χ1v) is 4.66. The molecule has 2 aromatic rings. The molecule has 0 saturated carbocycles. The Labute approximate surface area is 88.4 Å². The van der Waals surface area contributed by atoms with E-state index in [0.717, 1.165) is 28.0 Å². The number of nitrogens with two attached hydrogens (primary N) is 1. The third-order valence-corrected chi connectivity index (χ3v) is 2.44. The summed E-state index contributed by atoms with van der Waals surface area (Å²) >= 11 is 0. The lowest BCUT2D eigenvalue weighted by Gasteiger charge is -2.09. The van der Waals surface area contributed by atoms with Gasteiger partial charge in [-0.15, -0.1) is 0 Å². The molecule has 15 heavy (non-hydrogen) atoms. The van der Waals surface area contributed by atoms with Gasteiger partial charge in [-0.2, -0.15) is 0 Å². The van der Waals surface area contributed by atoms with Crippen LogP contribution in [-0.2, 0) is 0 Å². The van der Waals surface area contributed by atoms with Gasteiger partial charge in [-0.05, 0) is 30.3 Å². The molecule has 0 aliphatic carbocycles. The molecule has 0 aromatic heterocycles. The van der Waals surface area contributed by atoms with E-state index in [1.807, 2.05) is 30.3 Å². The SMILES string of the molecule is COc1ccc2c(N)ccc(OC)c2c1. The highest BCUT2D eigenvalue weighted by molar-refractivity contribution is 5.97. The third kappa shape index (κ3) is 1.56. The number of anilines is 1. The molecule has 0 amide bonds. The van der Waals surface area contributed by atoms with E-state index in [0.29, 0.717) is 0 Å². The second kappa shape index (κ2) is 3.69. The molecule has 2 aromatic carbocycles. The average Bonchev–Trinajstić information content (AvgIpc) is 2.29. The molecule has 0 unspecified atom stereocenters. The van der Waals surface area contributed by atoms with Crippen molar-refractivity contribution in [3.05, 3.63) is 30.3 Å². The number of hydrogen-bond donors (Lipinski definition) is 1. The summed E-state index contributed by atoms with van der Waals surface area (Å²) in [6.45, 7) is 0. The van der Waals surface area contributed by atoms with Gasteiger partial charge in [0.25, 0.3) is 0 Å². The molecule has 0 heterocycles. The topological polar surface area (TPSA) is 44.5 Å². The summed E-state index contributed by atoms with van der Waals surface area (Å²) in [4.78, 5) is 0. The minimum Gasteiger partial charge on any atom is -0.497 e. The maximum atomic E-state index is 5.87. The summed E-state index contributed by atoms with van der Waals surface area (Å²) in [6, 6.07) is 9.44. The van der Waals surface area contributed by atoms with Crippen molar-refractivity contribution in [2.75, 3.05) is 20.0 Å². The van der Waals surface area contributed by atoms with Crippen LogP contribution in [0.15, 0.2) is 30.3 Å². The monoisotopic (exact) mass is 203 g/mol. The second-order valence-electron chi connectivity index (χ2n) is 3.27. The van der Waals surface area contributed by atoms with Crippen LogP contribution in [0.2, 0.25) is 0 Å². The average molecular weight is 203 g/mol. The molecule has 0 aliphatic rings. The lowest BCUT2D eigenvalue weighted by molar-refractivity contribution is 0.412. The number of benzene rings is 2. The maximum Gasteiger partial charge on any atom is 0.126 e. The zero-order valence-electron chi connectivity index (χ0n) is 8.78. The molecular weight excluding hydrogens is 190 g/mol. The lowest BCUT2D eigenvalue weighted by atomic mass is 10.1. The molecule has 0 radical (unpaired) electrons. The largest absolute Gasteiger partial charge is 0.497 e. The predicted octanol–water partition coefficient (Wildman–Crippen LogP) is 2.44. The first-order chi connectivity index (χ1) is 7.26. The van der Waals surface area contributed by atoms with Crippen LogP contribution in [0.5, 0.6) is 11.5 Å². The Morgan fingerprint density at radius 1 is 0.933 bits per heavy atom. The first kappa shape index (κ1) is 9.65. The highest BCUT2D eigenvalue weighted by Crippen LogP contribution is 2.32. The summed E-state index contributed by atoms with van der Waals surface area (Å²) in [5, 5.41) is 1.95. The Hall–Kier alpha value is -1.90. The molecule has 0 spiro atoms. The van der Waals surface area contributed by atoms with Gasteiger partial charge < -0.3 is 15.2 Å². The fourth-order valence-corrected chi connectivity index (χ4v) is 1.63. The smallest absolute Gasteiger partial charge is 0.126 e. The zero-order chi connectivity index (χ0) is 10.8. The molecule has 2 rings (SSSR count). The third-order valence-electron chi connectivity index (χ3n) is 2.44. The number of hydrogen-bond acceptors (Lipinski definition) is 3. The molecule has 0 aliphatic heterocycles. The standard InChI is InChI=1S/C12H13NO2/c1-14-8-3-4-9-10(7-8)12(15-2)6-5-11(9)13/h3-7H,13H2,1-2H3. The summed E-state index contributed by atoms with van der Waals surface area (Å²) in [7, 11) is 3.28. The summed E-state index contributed by atoms with van der Waals surface area (Å²) in [6.07, 6.45) is 0. The van der Waals surface area contributed by atoms with E-state index >= 15 is 0 Å². The number of fused-ring (bicyclic) bond motifs is 1. The van der Waals surface area contributed by atoms with E-state index in [2.05, 4.69) is 0 Å². The van der Waals surface area contributed by atoms with Crippen molar-refractivity contribution < 1.29 is 9.47 Å². The first-order valence-electron chi connectivity index (χ1n) is 4.66. The minimum atomic E-state index is 0.744. The highest BCUT2D eigenvalue weighted by Gasteiger charge is 2.05. The van der Waals surface area contributed by atoms with E-state index in [1.165, 1.54) is 0 Å². The minimum absolute atomic E-state index is 0.744. The molecule has 78 valence electrons. The van der Waals surface area contributed by atoms with Crippen LogP contribution in [0.25, 0.3) is 10.8 Å².